The Hall–Kier alpha value is -1.06. The van der Waals surface area contributed by atoms with E-state index in [1.54, 1.807) is 0 Å². The molecule has 66 valence electrons. The molecule has 0 fully saturated rings. The van der Waals surface area contributed by atoms with Gasteiger partial charge in [0.15, 0.2) is 0 Å². The van der Waals surface area contributed by atoms with Crippen LogP contribution < -0.4 is 0 Å². The van der Waals surface area contributed by atoms with Gasteiger partial charge in [0.2, 0.25) is 0 Å². The maximum Gasteiger partial charge on any atom is 0.401 e. The Morgan fingerprint density at radius 3 is 2.00 bits per heavy atom. The van der Waals surface area contributed by atoms with Gasteiger partial charge in [-0.2, -0.15) is 0 Å². The van der Waals surface area contributed by atoms with Crippen LogP contribution in [0.15, 0.2) is 30.3 Å². The Morgan fingerprint density at radius 2 is 1.75 bits per heavy atom. The minimum absolute atomic E-state index is 0.140. The highest BCUT2D eigenvalue weighted by Crippen LogP contribution is 1.95. The summed E-state index contributed by atoms with van der Waals surface area (Å²) in [5.74, 6) is 0. The Morgan fingerprint density at radius 1 is 1.33 bits per heavy atom. The maximum atomic E-state index is 8.77. The molecule has 12 heavy (non-hydrogen) atoms. The Bertz CT molecular complexity index is 219. The van der Waals surface area contributed by atoms with Gasteiger partial charge >= 0.3 is 5.43 Å². The molecule has 0 bridgehead atoms. The maximum absolute atomic E-state index is 8.77. The fourth-order valence-electron chi connectivity index (χ4n) is 0.583. The lowest BCUT2D eigenvalue weighted by atomic mass is 10.2. The summed E-state index contributed by atoms with van der Waals surface area (Å²) in [5.41, 5.74) is -0.396. The number of carboxylic acid groups (broad SMARTS) is 1. The van der Waals surface area contributed by atoms with Crippen LogP contribution in [0.1, 0.15) is 5.56 Å². The van der Waals surface area contributed by atoms with Crippen LogP contribution in [0.3, 0.4) is 0 Å². The summed E-state index contributed by atoms with van der Waals surface area (Å²) in [6, 6.07) is 9.52. The van der Waals surface area contributed by atoms with Gasteiger partial charge in [-0.15, -0.1) is 0 Å². The quantitative estimate of drug-likeness (QED) is 0.664. The normalized spacial score (nSPS) is 8.17. The van der Waals surface area contributed by atoms with Gasteiger partial charge in [-0.3, -0.25) is 0 Å². The summed E-state index contributed by atoms with van der Waals surface area (Å²) in [6.07, 6.45) is 0. The molecule has 0 aromatic heterocycles. The van der Waals surface area contributed by atoms with Crippen LogP contribution in [0, 0.1) is 0 Å². The van der Waals surface area contributed by atoms with E-state index in [9.17, 15) is 0 Å². The second kappa shape index (κ2) is 6.64. The summed E-state index contributed by atoms with van der Waals surface area (Å²) < 4.78 is 0. The van der Waals surface area contributed by atoms with Crippen LogP contribution in [0.2, 0.25) is 0 Å². The minimum Gasteiger partial charge on any atom is -0.469 e. The van der Waals surface area contributed by atoms with E-state index in [4.69, 9.17) is 15.0 Å². The van der Waals surface area contributed by atoms with Crippen LogP contribution in [0.5, 0.6) is 0 Å². The smallest absolute Gasteiger partial charge is 0.401 e. The van der Waals surface area contributed by atoms with Crippen molar-refractivity contribution >= 4 is 17.0 Å². The third-order valence-corrected chi connectivity index (χ3v) is 1.03. The predicted octanol–water partition coefficient (Wildman–Crippen LogP) is 2.08. The van der Waals surface area contributed by atoms with Crippen molar-refractivity contribution in [2.45, 2.75) is 6.61 Å². The third kappa shape index (κ3) is 7.05. The number of hydrogen-bond donors (Lipinski definition) is 2. The second-order valence-electron chi connectivity index (χ2n) is 1.90. The largest absolute Gasteiger partial charge is 0.469 e. The van der Waals surface area contributed by atoms with Crippen molar-refractivity contribution in [2.75, 3.05) is 0 Å². The lowest BCUT2D eigenvalue weighted by molar-refractivity contribution is 0.220. The third-order valence-electron chi connectivity index (χ3n) is 1.03. The van der Waals surface area contributed by atoms with Crippen molar-refractivity contribution < 1.29 is 15.0 Å². The average molecular weight is 189 g/mol. The topological polar surface area (TPSA) is 57.5 Å². The van der Waals surface area contributed by atoms with Gasteiger partial charge in [0.25, 0.3) is 0 Å². The molecule has 4 heteroatoms. The first-order valence-electron chi connectivity index (χ1n) is 3.20. The minimum atomic E-state index is -1.36. The van der Waals surface area contributed by atoms with Crippen molar-refractivity contribution in [2.24, 2.45) is 0 Å². The summed E-state index contributed by atoms with van der Waals surface area (Å²) in [7, 11) is 0. The van der Waals surface area contributed by atoms with Gasteiger partial charge in [-0.25, -0.2) is 4.79 Å². The highest BCUT2D eigenvalue weighted by Gasteiger charge is 1.81. The van der Waals surface area contributed by atoms with E-state index in [1.165, 1.54) is 0 Å². The summed E-state index contributed by atoms with van der Waals surface area (Å²) in [5, 5.41) is 15.7. The van der Waals surface area contributed by atoms with Gasteiger partial charge in [0, 0.05) is 11.6 Å². The van der Waals surface area contributed by atoms with Crippen molar-refractivity contribution in [3.63, 3.8) is 0 Å². The van der Waals surface area contributed by atoms with Gasteiger partial charge in [-0.1, -0.05) is 30.3 Å². The fourth-order valence-corrected chi connectivity index (χ4v) is 0.583. The molecule has 1 aromatic rings. The molecule has 0 unspecified atom stereocenters. The Kier molecular flexibility index (Phi) is 6.05. The SMILES string of the molecule is O=C(O)Cl.OCc1ccccc1. The van der Waals surface area contributed by atoms with Gasteiger partial charge in [-0.05, 0) is 5.56 Å². The van der Waals surface area contributed by atoms with Gasteiger partial charge in [0.05, 0.1) is 6.61 Å². The zero-order valence-corrected chi connectivity index (χ0v) is 7.03. The van der Waals surface area contributed by atoms with Crippen molar-refractivity contribution in [3.8, 4) is 0 Å². The van der Waals surface area contributed by atoms with Crippen molar-refractivity contribution in [1.82, 2.24) is 0 Å². The number of hydrogen-bond acceptors (Lipinski definition) is 2. The average Bonchev–Trinajstić information content (AvgIpc) is 2.05. The number of aliphatic hydroxyl groups is 1. The molecule has 3 nitrogen and oxygen atoms in total. The number of halogens is 1. The fraction of sp³-hybridized carbons (Fsp3) is 0.125. The number of rotatable bonds is 1. The molecule has 0 saturated carbocycles. The molecule has 0 aliphatic heterocycles. The summed E-state index contributed by atoms with van der Waals surface area (Å²) >= 11 is 4.19. The predicted molar refractivity (Wildman–Crippen MR) is 46.2 cm³/mol. The summed E-state index contributed by atoms with van der Waals surface area (Å²) in [4.78, 5) is 8.77. The first-order valence-corrected chi connectivity index (χ1v) is 3.58. The molecule has 0 aliphatic rings. The van der Waals surface area contributed by atoms with E-state index in [0.29, 0.717) is 0 Å². The molecular formula is C8H9ClO3. The first-order chi connectivity index (χ1) is 5.66. The van der Waals surface area contributed by atoms with Crippen LogP contribution >= 0.6 is 11.6 Å². The van der Waals surface area contributed by atoms with Crippen LogP contribution in [0.4, 0.5) is 4.79 Å². The van der Waals surface area contributed by atoms with E-state index in [1.807, 2.05) is 30.3 Å². The molecule has 0 saturated heterocycles. The monoisotopic (exact) mass is 188 g/mol. The number of carbonyl (C=O) groups is 1. The summed E-state index contributed by atoms with van der Waals surface area (Å²) in [6.45, 7) is 0.140. The first kappa shape index (κ1) is 10.9. The number of aliphatic hydroxyl groups excluding tert-OH is 1. The zero-order chi connectivity index (χ0) is 9.40. The standard InChI is InChI=1S/C7H8O.CHClO2/c8-6-7-4-2-1-3-5-7;2-1(3)4/h1-5,8H,6H2;(H,3,4). The van der Waals surface area contributed by atoms with Crippen LogP contribution in [0.25, 0.3) is 0 Å². The van der Waals surface area contributed by atoms with E-state index < -0.39 is 5.43 Å². The van der Waals surface area contributed by atoms with Gasteiger partial charge in [0.1, 0.15) is 0 Å². The molecule has 1 rings (SSSR count). The molecule has 0 spiro atoms. The molecule has 0 heterocycles. The zero-order valence-electron chi connectivity index (χ0n) is 6.27. The molecule has 0 atom stereocenters. The molecule has 0 amide bonds. The van der Waals surface area contributed by atoms with Crippen LogP contribution in [-0.4, -0.2) is 15.6 Å². The Labute approximate surface area is 75.2 Å². The van der Waals surface area contributed by atoms with Crippen LogP contribution in [-0.2, 0) is 6.61 Å². The van der Waals surface area contributed by atoms with Crippen molar-refractivity contribution in [3.05, 3.63) is 35.9 Å². The lowest BCUT2D eigenvalue weighted by Crippen LogP contribution is -1.77. The van der Waals surface area contributed by atoms with E-state index in [-0.39, 0.29) is 6.61 Å². The highest BCUT2D eigenvalue weighted by molar-refractivity contribution is 6.60. The van der Waals surface area contributed by atoms with E-state index in [0.717, 1.165) is 5.56 Å². The van der Waals surface area contributed by atoms with Crippen molar-refractivity contribution in [1.29, 1.82) is 0 Å². The van der Waals surface area contributed by atoms with E-state index >= 15 is 0 Å². The molecule has 1 aromatic carbocycles. The number of benzene rings is 1. The van der Waals surface area contributed by atoms with E-state index in [2.05, 4.69) is 11.6 Å². The molecule has 2 N–H and O–H groups in total. The highest BCUT2D eigenvalue weighted by atomic mass is 35.5. The lowest BCUT2D eigenvalue weighted by Gasteiger charge is -1.89. The Balaban J connectivity index is 0.000000261. The van der Waals surface area contributed by atoms with Gasteiger partial charge < -0.3 is 10.2 Å². The molecular weight excluding hydrogens is 180 g/mol. The molecule has 0 radical (unpaired) electrons. The second-order valence-corrected chi connectivity index (χ2v) is 2.22. The molecule has 0 aliphatic carbocycles.